The Morgan fingerprint density at radius 3 is 1.37 bits per heavy atom. The van der Waals surface area contributed by atoms with Crippen molar-refractivity contribution in [1.29, 1.82) is 0 Å². The van der Waals surface area contributed by atoms with Crippen LogP contribution in [0.15, 0.2) is 61.7 Å². The molecule has 2 rings (SSSR count). The first-order valence-corrected chi connectivity index (χ1v) is 9.53. The number of benzene rings is 2. The van der Waals surface area contributed by atoms with Crippen molar-refractivity contribution in [2.45, 2.75) is 24.9 Å². The second-order valence-electron chi connectivity index (χ2n) is 6.55. The molecule has 2 atom stereocenters. The first-order valence-electron chi connectivity index (χ1n) is 9.53. The third-order valence-electron chi connectivity index (χ3n) is 4.83. The molecule has 164 valence electrons. The Balaban J connectivity index is 0.00000450. The van der Waals surface area contributed by atoms with Crippen LogP contribution in [0.25, 0.3) is 0 Å². The zero-order chi connectivity index (χ0) is 21.2. The second-order valence-corrected chi connectivity index (χ2v) is 6.55. The highest BCUT2D eigenvalue weighted by Gasteiger charge is 2.20. The lowest BCUT2D eigenvalue weighted by Crippen LogP contribution is -2.26. The fourth-order valence-electron chi connectivity index (χ4n) is 3.32. The van der Waals surface area contributed by atoms with Gasteiger partial charge in [0.2, 0.25) is 0 Å². The summed E-state index contributed by atoms with van der Waals surface area (Å²) in [5.74, 6) is 2.81. The van der Waals surface area contributed by atoms with Gasteiger partial charge in [-0.05, 0) is 48.2 Å². The quantitative estimate of drug-likeness (QED) is 0.437. The highest BCUT2D eigenvalue weighted by Crippen LogP contribution is 2.35. The number of halogens is 1. The van der Waals surface area contributed by atoms with E-state index in [0.717, 1.165) is 24.0 Å². The zero-order valence-electron chi connectivity index (χ0n) is 18.1. The third-order valence-corrected chi connectivity index (χ3v) is 4.83. The number of rotatable bonds is 12. The van der Waals surface area contributed by atoms with Crippen LogP contribution < -0.4 is 24.3 Å². The Morgan fingerprint density at radius 1 is 0.700 bits per heavy atom. The molecule has 0 fully saturated rings. The fourth-order valence-corrected chi connectivity index (χ4v) is 3.32. The van der Waals surface area contributed by atoms with E-state index in [-0.39, 0.29) is 24.5 Å². The summed E-state index contributed by atoms with van der Waals surface area (Å²) in [6.07, 6.45) is 5.34. The number of methoxy groups -OCH3 is 4. The first kappa shape index (κ1) is 25.4. The standard InChI is InChI=1S/C24H31NO4.ClH/c1-7-9-19(17-11-13-21(26-3)23(15-17)28-5)25-20(10-8-2)18-12-14-22(27-4)24(16-18)29-6;/h7-8,11-16,19-20,25H,1-2,9-10H2,3-6H3;1H. The molecule has 0 heterocycles. The molecule has 0 aliphatic carbocycles. The van der Waals surface area contributed by atoms with Gasteiger partial charge < -0.3 is 24.3 Å². The van der Waals surface area contributed by atoms with Crippen LogP contribution >= 0.6 is 12.4 Å². The minimum absolute atomic E-state index is 0. The maximum atomic E-state index is 5.47. The van der Waals surface area contributed by atoms with Crippen LogP contribution in [0.1, 0.15) is 36.1 Å². The Hall–Kier alpha value is -2.63. The normalized spacial score (nSPS) is 12.1. The van der Waals surface area contributed by atoms with Crippen LogP contribution in [0.2, 0.25) is 0 Å². The third kappa shape index (κ3) is 6.18. The summed E-state index contributed by atoms with van der Waals surface area (Å²) in [6, 6.07) is 12.0. The lowest BCUT2D eigenvalue weighted by molar-refractivity contribution is 0.352. The minimum Gasteiger partial charge on any atom is -0.493 e. The molecule has 2 unspecified atom stereocenters. The summed E-state index contributed by atoms with van der Waals surface area (Å²) in [4.78, 5) is 0. The van der Waals surface area contributed by atoms with Crippen LogP contribution in [-0.4, -0.2) is 28.4 Å². The largest absolute Gasteiger partial charge is 0.493 e. The molecule has 0 aliphatic rings. The molecule has 0 saturated heterocycles. The summed E-state index contributed by atoms with van der Waals surface area (Å²) >= 11 is 0. The molecular formula is C24H32ClNO4. The predicted molar refractivity (Wildman–Crippen MR) is 125 cm³/mol. The Labute approximate surface area is 186 Å². The molecule has 30 heavy (non-hydrogen) atoms. The molecule has 0 amide bonds. The highest BCUT2D eigenvalue weighted by molar-refractivity contribution is 5.85. The molecule has 2 aromatic rings. The lowest BCUT2D eigenvalue weighted by atomic mass is 9.97. The number of ether oxygens (including phenoxy) is 4. The van der Waals surface area contributed by atoms with Gasteiger partial charge in [-0.2, -0.15) is 0 Å². The summed E-state index contributed by atoms with van der Waals surface area (Å²) in [6.45, 7) is 7.85. The van der Waals surface area contributed by atoms with Crippen molar-refractivity contribution < 1.29 is 18.9 Å². The minimum atomic E-state index is 0. The first-order chi connectivity index (χ1) is 14.1. The molecular weight excluding hydrogens is 402 g/mol. The fraction of sp³-hybridized carbons (Fsp3) is 0.333. The van der Waals surface area contributed by atoms with Gasteiger partial charge in [0.25, 0.3) is 0 Å². The maximum absolute atomic E-state index is 5.47. The molecule has 1 N–H and O–H groups in total. The van der Waals surface area contributed by atoms with E-state index in [0.29, 0.717) is 23.0 Å². The van der Waals surface area contributed by atoms with E-state index in [4.69, 9.17) is 18.9 Å². The number of nitrogens with one attached hydrogen (secondary N) is 1. The smallest absolute Gasteiger partial charge is 0.161 e. The number of hydrogen-bond acceptors (Lipinski definition) is 5. The van der Waals surface area contributed by atoms with E-state index in [1.165, 1.54) is 0 Å². The lowest BCUT2D eigenvalue weighted by Gasteiger charge is -2.26. The Kier molecular flexibility index (Phi) is 10.9. The summed E-state index contributed by atoms with van der Waals surface area (Å²) in [7, 11) is 6.55. The average molecular weight is 434 g/mol. The van der Waals surface area contributed by atoms with Gasteiger partial charge >= 0.3 is 0 Å². The summed E-state index contributed by atoms with van der Waals surface area (Å²) < 4.78 is 21.7. The summed E-state index contributed by atoms with van der Waals surface area (Å²) in [5.41, 5.74) is 2.19. The SMILES string of the molecule is C=CCC(NC(CC=C)c1ccc(OC)c(OC)c1)c1ccc(OC)c(OC)c1.Cl. The van der Waals surface area contributed by atoms with E-state index in [1.807, 2.05) is 48.6 Å². The van der Waals surface area contributed by atoms with E-state index in [9.17, 15) is 0 Å². The molecule has 0 bridgehead atoms. The molecule has 2 aromatic carbocycles. The molecule has 0 radical (unpaired) electrons. The maximum Gasteiger partial charge on any atom is 0.161 e. The zero-order valence-corrected chi connectivity index (χ0v) is 19.0. The van der Waals surface area contributed by atoms with Gasteiger partial charge in [-0.1, -0.05) is 24.3 Å². The number of hydrogen-bond donors (Lipinski definition) is 1. The monoisotopic (exact) mass is 433 g/mol. The van der Waals surface area contributed by atoms with Crippen LogP contribution in [0.5, 0.6) is 23.0 Å². The van der Waals surface area contributed by atoms with Crippen molar-refractivity contribution in [1.82, 2.24) is 5.32 Å². The van der Waals surface area contributed by atoms with Gasteiger partial charge in [-0.3, -0.25) is 0 Å². The van der Waals surface area contributed by atoms with Crippen molar-refractivity contribution in [3.8, 4) is 23.0 Å². The van der Waals surface area contributed by atoms with E-state index in [2.05, 4.69) is 18.5 Å². The van der Waals surface area contributed by atoms with E-state index in [1.54, 1.807) is 28.4 Å². The molecule has 6 heteroatoms. The van der Waals surface area contributed by atoms with E-state index >= 15 is 0 Å². The van der Waals surface area contributed by atoms with Crippen molar-refractivity contribution in [3.05, 3.63) is 72.8 Å². The highest BCUT2D eigenvalue weighted by atomic mass is 35.5. The van der Waals surface area contributed by atoms with Gasteiger partial charge in [-0.25, -0.2) is 0 Å². The van der Waals surface area contributed by atoms with Crippen LogP contribution in [0.4, 0.5) is 0 Å². The average Bonchev–Trinajstić information content (AvgIpc) is 2.77. The molecule has 0 aliphatic heterocycles. The molecule has 0 spiro atoms. The van der Waals surface area contributed by atoms with Gasteiger partial charge in [0, 0.05) is 12.1 Å². The van der Waals surface area contributed by atoms with Gasteiger partial charge in [0.15, 0.2) is 23.0 Å². The van der Waals surface area contributed by atoms with Gasteiger partial charge in [-0.15, -0.1) is 25.6 Å². The van der Waals surface area contributed by atoms with Crippen molar-refractivity contribution >= 4 is 12.4 Å². The van der Waals surface area contributed by atoms with Gasteiger partial charge in [0.1, 0.15) is 0 Å². The van der Waals surface area contributed by atoms with Crippen molar-refractivity contribution in [2.24, 2.45) is 0 Å². The Bertz CT molecular complexity index is 757. The molecule has 0 aromatic heterocycles. The molecule has 5 nitrogen and oxygen atoms in total. The predicted octanol–water partition coefficient (Wildman–Crippen LogP) is 5.67. The van der Waals surface area contributed by atoms with E-state index < -0.39 is 0 Å². The van der Waals surface area contributed by atoms with Crippen LogP contribution in [-0.2, 0) is 0 Å². The summed E-state index contributed by atoms with van der Waals surface area (Å²) in [5, 5.41) is 3.73. The van der Waals surface area contributed by atoms with Crippen molar-refractivity contribution in [3.63, 3.8) is 0 Å². The van der Waals surface area contributed by atoms with Crippen LogP contribution in [0, 0.1) is 0 Å². The van der Waals surface area contributed by atoms with Crippen molar-refractivity contribution in [2.75, 3.05) is 28.4 Å². The van der Waals surface area contributed by atoms with Gasteiger partial charge in [0.05, 0.1) is 28.4 Å². The second kappa shape index (κ2) is 12.8. The molecule has 0 saturated carbocycles. The Morgan fingerprint density at radius 2 is 1.07 bits per heavy atom. The topological polar surface area (TPSA) is 49.0 Å². The van der Waals surface area contributed by atoms with Crippen LogP contribution in [0.3, 0.4) is 0 Å².